The van der Waals surface area contributed by atoms with Gasteiger partial charge in [0, 0.05) is 32.7 Å². The maximum absolute atomic E-state index is 11.3. The highest BCUT2D eigenvalue weighted by Crippen LogP contribution is 2.19. The summed E-state index contributed by atoms with van der Waals surface area (Å²) in [4.78, 5) is 22.6. The van der Waals surface area contributed by atoms with E-state index < -0.39 is 0 Å². The van der Waals surface area contributed by atoms with Gasteiger partial charge in [0.1, 0.15) is 5.82 Å². The van der Waals surface area contributed by atoms with Gasteiger partial charge in [0.15, 0.2) is 0 Å². The second-order valence-electron chi connectivity index (χ2n) is 5.96. The molecular weight excluding hydrogens is 240 g/mol. The van der Waals surface area contributed by atoms with Crippen LogP contribution in [-0.4, -0.2) is 48.1 Å². The van der Waals surface area contributed by atoms with Gasteiger partial charge in [-0.2, -0.15) is 0 Å². The molecule has 0 aromatic carbocycles. The van der Waals surface area contributed by atoms with E-state index in [-0.39, 0.29) is 5.56 Å². The smallest absolute Gasteiger partial charge is 0.252 e. The van der Waals surface area contributed by atoms with Gasteiger partial charge in [0.25, 0.3) is 5.56 Å². The van der Waals surface area contributed by atoms with Crippen molar-refractivity contribution in [1.82, 2.24) is 14.9 Å². The van der Waals surface area contributed by atoms with E-state index in [2.05, 4.69) is 33.6 Å². The Morgan fingerprint density at radius 1 is 1.58 bits per heavy atom. The Morgan fingerprint density at radius 3 is 3.05 bits per heavy atom. The van der Waals surface area contributed by atoms with E-state index in [0.29, 0.717) is 5.92 Å². The quantitative estimate of drug-likeness (QED) is 0.868. The summed E-state index contributed by atoms with van der Waals surface area (Å²) >= 11 is 0. The molecule has 1 aliphatic heterocycles. The van der Waals surface area contributed by atoms with E-state index in [1.54, 1.807) is 6.07 Å². The fraction of sp³-hybridized carbons (Fsp3) is 0.714. The molecule has 1 aliphatic rings. The van der Waals surface area contributed by atoms with Crippen LogP contribution in [-0.2, 0) is 0 Å². The Balaban J connectivity index is 1.87. The van der Waals surface area contributed by atoms with Gasteiger partial charge < -0.3 is 14.8 Å². The standard InChI is InChI=1S/C14H24N4O/c1-11(2)7-18-5-4-12(9-18)8-17(3)13-6-14(19)16-10-15-13/h6,10-12H,4-5,7-9H2,1-3H3,(H,15,16,19). The fourth-order valence-corrected chi connectivity index (χ4v) is 2.79. The molecule has 2 rings (SSSR count). The van der Waals surface area contributed by atoms with Crippen LogP contribution in [0.2, 0.25) is 0 Å². The lowest BCUT2D eigenvalue weighted by molar-refractivity contribution is 0.288. The van der Waals surface area contributed by atoms with Gasteiger partial charge in [-0.05, 0) is 24.8 Å². The first-order valence-corrected chi connectivity index (χ1v) is 7.03. The highest BCUT2D eigenvalue weighted by molar-refractivity contribution is 5.35. The number of nitrogens with one attached hydrogen (secondary N) is 1. The van der Waals surface area contributed by atoms with Gasteiger partial charge in [0.2, 0.25) is 0 Å². The Hall–Kier alpha value is -1.36. The largest absolute Gasteiger partial charge is 0.359 e. The molecule has 5 nitrogen and oxygen atoms in total. The van der Waals surface area contributed by atoms with Crippen molar-refractivity contribution < 1.29 is 0 Å². The summed E-state index contributed by atoms with van der Waals surface area (Å²) in [6.45, 7) is 9.03. The number of aromatic amines is 1. The highest BCUT2D eigenvalue weighted by atomic mass is 16.1. The second-order valence-corrected chi connectivity index (χ2v) is 5.96. The predicted octanol–water partition coefficient (Wildman–Crippen LogP) is 1.18. The van der Waals surface area contributed by atoms with Crippen LogP contribution in [0, 0.1) is 11.8 Å². The molecule has 0 saturated carbocycles. The first-order chi connectivity index (χ1) is 9.04. The average Bonchev–Trinajstić information content (AvgIpc) is 2.75. The number of aromatic nitrogens is 2. The Labute approximate surface area is 114 Å². The van der Waals surface area contributed by atoms with Crippen LogP contribution in [0.5, 0.6) is 0 Å². The van der Waals surface area contributed by atoms with Gasteiger partial charge >= 0.3 is 0 Å². The Bertz CT molecular complexity index is 457. The van der Waals surface area contributed by atoms with Crippen LogP contribution >= 0.6 is 0 Å². The Morgan fingerprint density at radius 2 is 2.37 bits per heavy atom. The summed E-state index contributed by atoms with van der Waals surface area (Å²) < 4.78 is 0. The number of hydrogen-bond acceptors (Lipinski definition) is 4. The van der Waals surface area contributed by atoms with E-state index in [9.17, 15) is 4.79 Å². The minimum atomic E-state index is -0.0929. The monoisotopic (exact) mass is 264 g/mol. The first-order valence-electron chi connectivity index (χ1n) is 7.03. The molecule has 1 saturated heterocycles. The van der Waals surface area contributed by atoms with Crippen molar-refractivity contribution in [3.63, 3.8) is 0 Å². The van der Waals surface area contributed by atoms with E-state index in [1.807, 2.05) is 7.05 Å². The van der Waals surface area contributed by atoms with Gasteiger partial charge in [-0.3, -0.25) is 4.79 Å². The van der Waals surface area contributed by atoms with Crippen LogP contribution in [0.3, 0.4) is 0 Å². The molecule has 1 aromatic rings. The number of hydrogen-bond donors (Lipinski definition) is 1. The van der Waals surface area contributed by atoms with Crippen molar-refractivity contribution >= 4 is 5.82 Å². The van der Waals surface area contributed by atoms with Crippen molar-refractivity contribution in [2.24, 2.45) is 11.8 Å². The van der Waals surface area contributed by atoms with Crippen molar-refractivity contribution in [2.75, 3.05) is 38.1 Å². The molecule has 0 spiro atoms. The number of H-pyrrole nitrogens is 1. The number of anilines is 1. The highest BCUT2D eigenvalue weighted by Gasteiger charge is 2.24. The molecular formula is C14H24N4O. The number of nitrogens with zero attached hydrogens (tertiary/aromatic N) is 3. The van der Waals surface area contributed by atoms with Crippen LogP contribution in [0.15, 0.2) is 17.2 Å². The SMILES string of the molecule is CC(C)CN1CCC(CN(C)c2cc(=O)[nH]cn2)C1. The molecule has 1 aromatic heterocycles. The van der Waals surface area contributed by atoms with Gasteiger partial charge in [-0.25, -0.2) is 4.98 Å². The topological polar surface area (TPSA) is 52.2 Å². The molecule has 0 aliphatic carbocycles. The summed E-state index contributed by atoms with van der Waals surface area (Å²) in [6.07, 6.45) is 2.70. The maximum Gasteiger partial charge on any atom is 0.252 e. The third kappa shape index (κ3) is 4.06. The van der Waals surface area contributed by atoms with Crippen LogP contribution < -0.4 is 10.5 Å². The molecule has 0 radical (unpaired) electrons. The van der Waals surface area contributed by atoms with Gasteiger partial charge in [-0.15, -0.1) is 0 Å². The summed E-state index contributed by atoms with van der Waals surface area (Å²) in [7, 11) is 2.01. The second kappa shape index (κ2) is 6.19. The zero-order chi connectivity index (χ0) is 13.8. The maximum atomic E-state index is 11.3. The lowest BCUT2D eigenvalue weighted by Gasteiger charge is -2.22. The molecule has 1 atom stereocenters. The molecule has 2 heterocycles. The van der Waals surface area contributed by atoms with Crippen molar-refractivity contribution in [2.45, 2.75) is 20.3 Å². The van der Waals surface area contributed by atoms with Crippen LogP contribution in [0.4, 0.5) is 5.82 Å². The Kier molecular flexibility index (Phi) is 4.58. The normalized spacial score (nSPS) is 20.1. The van der Waals surface area contributed by atoms with E-state index >= 15 is 0 Å². The van der Waals surface area contributed by atoms with Crippen molar-refractivity contribution in [1.29, 1.82) is 0 Å². The molecule has 1 N–H and O–H groups in total. The molecule has 19 heavy (non-hydrogen) atoms. The van der Waals surface area contributed by atoms with Crippen LogP contribution in [0.1, 0.15) is 20.3 Å². The van der Waals surface area contributed by atoms with Gasteiger partial charge in [0.05, 0.1) is 6.33 Å². The van der Waals surface area contributed by atoms with Crippen LogP contribution in [0.25, 0.3) is 0 Å². The minimum Gasteiger partial charge on any atom is -0.359 e. The molecule has 0 amide bonds. The molecule has 0 bridgehead atoms. The lowest BCUT2D eigenvalue weighted by Crippen LogP contribution is -2.30. The average molecular weight is 264 g/mol. The van der Waals surface area contributed by atoms with E-state index in [1.165, 1.54) is 25.8 Å². The van der Waals surface area contributed by atoms with Crippen molar-refractivity contribution in [3.8, 4) is 0 Å². The first kappa shape index (κ1) is 14.1. The number of likely N-dealkylation sites (tertiary alicyclic amines) is 1. The van der Waals surface area contributed by atoms with E-state index in [4.69, 9.17) is 0 Å². The molecule has 1 fully saturated rings. The summed E-state index contributed by atoms with van der Waals surface area (Å²) in [6, 6.07) is 1.56. The summed E-state index contributed by atoms with van der Waals surface area (Å²) in [5.74, 6) is 2.15. The predicted molar refractivity (Wildman–Crippen MR) is 77.5 cm³/mol. The third-order valence-electron chi connectivity index (χ3n) is 3.58. The minimum absolute atomic E-state index is 0.0929. The third-order valence-corrected chi connectivity index (χ3v) is 3.58. The van der Waals surface area contributed by atoms with E-state index in [0.717, 1.165) is 24.8 Å². The zero-order valence-electron chi connectivity index (χ0n) is 12.1. The summed E-state index contributed by atoms with van der Waals surface area (Å²) in [5, 5.41) is 0. The molecule has 106 valence electrons. The molecule has 5 heteroatoms. The lowest BCUT2D eigenvalue weighted by atomic mass is 10.1. The fourth-order valence-electron chi connectivity index (χ4n) is 2.79. The zero-order valence-corrected chi connectivity index (χ0v) is 12.1. The summed E-state index contributed by atoms with van der Waals surface area (Å²) in [5.41, 5.74) is -0.0929. The molecule has 1 unspecified atom stereocenters. The number of rotatable bonds is 5. The van der Waals surface area contributed by atoms with Gasteiger partial charge in [-0.1, -0.05) is 13.8 Å². The van der Waals surface area contributed by atoms with Crippen molar-refractivity contribution in [3.05, 3.63) is 22.7 Å².